The van der Waals surface area contributed by atoms with Gasteiger partial charge in [0.05, 0.1) is 4.88 Å². The number of amides is 2. The van der Waals surface area contributed by atoms with E-state index in [1.807, 2.05) is 72.1 Å². The van der Waals surface area contributed by atoms with Crippen molar-refractivity contribution >= 4 is 34.5 Å². The predicted octanol–water partition coefficient (Wildman–Crippen LogP) is 5.68. The quantitative estimate of drug-likeness (QED) is 0.398. The van der Waals surface area contributed by atoms with Crippen LogP contribution in [0.4, 0.5) is 11.4 Å². The zero-order valence-electron chi connectivity index (χ0n) is 16.6. The van der Waals surface area contributed by atoms with E-state index in [4.69, 9.17) is 4.74 Å². The van der Waals surface area contributed by atoms with Crippen LogP contribution in [0.25, 0.3) is 11.1 Å². The van der Waals surface area contributed by atoms with Crippen LogP contribution in [0.3, 0.4) is 0 Å². The largest absolute Gasteiger partial charge is 0.484 e. The zero-order chi connectivity index (χ0) is 21.5. The molecule has 3 aromatic carbocycles. The van der Waals surface area contributed by atoms with E-state index >= 15 is 0 Å². The Morgan fingerprint density at radius 2 is 1.48 bits per heavy atom. The van der Waals surface area contributed by atoms with Crippen molar-refractivity contribution in [1.29, 1.82) is 0 Å². The van der Waals surface area contributed by atoms with E-state index in [0.717, 1.165) is 11.1 Å². The van der Waals surface area contributed by atoms with Crippen LogP contribution in [0.1, 0.15) is 9.67 Å². The van der Waals surface area contributed by atoms with E-state index in [9.17, 15) is 9.59 Å². The second-order valence-corrected chi connectivity index (χ2v) is 7.63. The first kappa shape index (κ1) is 20.4. The van der Waals surface area contributed by atoms with Gasteiger partial charge in [-0.25, -0.2) is 0 Å². The summed E-state index contributed by atoms with van der Waals surface area (Å²) in [6, 6.07) is 27.9. The number of rotatable bonds is 7. The summed E-state index contributed by atoms with van der Waals surface area (Å²) >= 11 is 1.39. The summed E-state index contributed by atoms with van der Waals surface area (Å²) in [5, 5.41) is 7.59. The van der Waals surface area contributed by atoms with Gasteiger partial charge in [0.15, 0.2) is 6.61 Å². The van der Waals surface area contributed by atoms with E-state index in [2.05, 4.69) is 10.6 Å². The Bertz CT molecular complexity index is 1170. The maximum absolute atomic E-state index is 12.8. The third-order valence-electron chi connectivity index (χ3n) is 4.48. The van der Waals surface area contributed by atoms with Gasteiger partial charge in [-0.15, -0.1) is 11.3 Å². The van der Waals surface area contributed by atoms with Crippen LogP contribution in [0.2, 0.25) is 0 Å². The first-order valence-corrected chi connectivity index (χ1v) is 10.6. The first-order chi connectivity index (χ1) is 15.2. The number of benzene rings is 3. The number of para-hydroxylation sites is 1. The summed E-state index contributed by atoms with van der Waals surface area (Å²) in [6.45, 7) is -0.130. The third-order valence-corrected chi connectivity index (χ3v) is 5.39. The van der Waals surface area contributed by atoms with Crippen molar-refractivity contribution in [3.63, 3.8) is 0 Å². The van der Waals surface area contributed by atoms with Gasteiger partial charge in [-0.2, -0.15) is 0 Å². The monoisotopic (exact) mass is 428 g/mol. The van der Waals surface area contributed by atoms with Gasteiger partial charge in [0, 0.05) is 23.0 Å². The zero-order valence-corrected chi connectivity index (χ0v) is 17.4. The number of carbonyl (C=O) groups is 2. The lowest BCUT2D eigenvalue weighted by Gasteiger charge is -2.10. The number of hydrogen-bond donors (Lipinski definition) is 2. The van der Waals surface area contributed by atoms with Crippen molar-refractivity contribution in [3.05, 3.63) is 101 Å². The molecule has 5 nitrogen and oxygen atoms in total. The minimum Gasteiger partial charge on any atom is -0.484 e. The molecule has 2 amide bonds. The predicted molar refractivity (Wildman–Crippen MR) is 125 cm³/mol. The summed E-state index contributed by atoms with van der Waals surface area (Å²) in [7, 11) is 0. The fourth-order valence-electron chi connectivity index (χ4n) is 3.05. The molecule has 0 aliphatic carbocycles. The van der Waals surface area contributed by atoms with Gasteiger partial charge < -0.3 is 15.4 Å². The van der Waals surface area contributed by atoms with Gasteiger partial charge >= 0.3 is 0 Å². The third kappa shape index (κ3) is 5.38. The number of hydrogen-bond acceptors (Lipinski definition) is 4. The van der Waals surface area contributed by atoms with Gasteiger partial charge in [0.2, 0.25) is 0 Å². The average molecular weight is 429 g/mol. The van der Waals surface area contributed by atoms with Crippen LogP contribution in [0.15, 0.2) is 96.4 Å². The fourth-order valence-corrected chi connectivity index (χ4v) is 3.86. The molecule has 4 aromatic rings. The van der Waals surface area contributed by atoms with Gasteiger partial charge in [-0.1, -0.05) is 54.6 Å². The maximum Gasteiger partial charge on any atom is 0.266 e. The topological polar surface area (TPSA) is 67.4 Å². The second-order valence-electron chi connectivity index (χ2n) is 6.71. The van der Waals surface area contributed by atoms with E-state index in [1.165, 1.54) is 11.3 Å². The normalized spacial score (nSPS) is 10.3. The molecule has 31 heavy (non-hydrogen) atoms. The number of ether oxygens (including phenoxy) is 1. The van der Waals surface area contributed by atoms with Gasteiger partial charge in [-0.05, 0) is 41.3 Å². The highest BCUT2D eigenvalue weighted by Crippen LogP contribution is 2.29. The number of thiophene rings is 1. The Balaban J connectivity index is 1.38. The molecule has 4 rings (SSSR count). The molecule has 0 atom stereocenters. The molecule has 0 fully saturated rings. The van der Waals surface area contributed by atoms with Crippen molar-refractivity contribution in [2.75, 3.05) is 17.2 Å². The molecule has 154 valence electrons. The molecule has 2 N–H and O–H groups in total. The van der Waals surface area contributed by atoms with Crippen molar-refractivity contribution in [2.45, 2.75) is 0 Å². The second kappa shape index (κ2) is 9.73. The number of carbonyl (C=O) groups excluding carboxylic acids is 2. The minimum absolute atomic E-state index is 0.130. The first-order valence-electron chi connectivity index (χ1n) is 9.71. The molecular weight excluding hydrogens is 408 g/mol. The van der Waals surface area contributed by atoms with E-state index in [0.29, 0.717) is 22.0 Å². The summed E-state index contributed by atoms with van der Waals surface area (Å²) < 4.78 is 5.59. The molecular formula is C25H20N2O3S. The standard InChI is InChI=1S/C25H20N2O3S/c28-23(26-19-10-5-2-6-11-19)17-30-21-13-7-12-20(16-21)27-25(29)24-22(14-15-31-24)18-8-3-1-4-9-18/h1-16H,17H2,(H,26,28)(H,27,29). The number of anilines is 2. The summed E-state index contributed by atoms with van der Waals surface area (Å²) in [4.78, 5) is 25.6. The lowest BCUT2D eigenvalue weighted by molar-refractivity contribution is -0.118. The Labute approximate surface area is 184 Å². The highest BCUT2D eigenvalue weighted by Gasteiger charge is 2.15. The molecule has 0 radical (unpaired) electrons. The number of nitrogens with one attached hydrogen (secondary N) is 2. The molecule has 1 aromatic heterocycles. The smallest absolute Gasteiger partial charge is 0.266 e. The van der Waals surface area contributed by atoms with Crippen LogP contribution in [-0.2, 0) is 4.79 Å². The maximum atomic E-state index is 12.8. The molecule has 0 saturated carbocycles. The van der Waals surface area contributed by atoms with Crippen molar-refractivity contribution in [1.82, 2.24) is 0 Å². The molecule has 0 spiro atoms. The highest BCUT2D eigenvalue weighted by atomic mass is 32.1. The Hall–Kier alpha value is -3.90. The molecule has 0 bridgehead atoms. The Kier molecular flexibility index (Phi) is 6.40. The lowest BCUT2D eigenvalue weighted by Crippen LogP contribution is -2.20. The summed E-state index contributed by atoms with van der Waals surface area (Å²) in [5.74, 6) is 0.0509. The van der Waals surface area contributed by atoms with Crippen LogP contribution < -0.4 is 15.4 Å². The van der Waals surface area contributed by atoms with Crippen molar-refractivity contribution in [3.8, 4) is 16.9 Å². The SMILES string of the molecule is O=C(COc1cccc(NC(=O)c2sccc2-c2ccccc2)c1)Nc1ccccc1. The van der Waals surface area contributed by atoms with Gasteiger partial charge in [-0.3, -0.25) is 9.59 Å². The Morgan fingerprint density at radius 3 is 2.26 bits per heavy atom. The molecule has 0 saturated heterocycles. The summed E-state index contributed by atoms with van der Waals surface area (Å²) in [6.07, 6.45) is 0. The molecule has 0 unspecified atom stereocenters. The van der Waals surface area contributed by atoms with E-state index < -0.39 is 0 Å². The minimum atomic E-state index is -0.258. The molecule has 1 heterocycles. The molecule has 0 aliphatic rings. The van der Waals surface area contributed by atoms with Crippen molar-refractivity contribution in [2.24, 2.45) is 0 Å². The van der Waals surface area contributed by atoms with E-state index in [1.54, 1.807) is 24.3 Å². The van der Waals surface area contributed by atoms with Gasteiger partial charge in [0.1, 0.15) is 5.75 Å². The highest BCUT2D eigenvalue weighted by molar-refractivity contribution is 7.12. The molecule has 6 heteroatoms. The van der Waals surface area contributed by atoms with E-state index in [-0.39, 0.29) is 18.4 Å². The Morgan fingerprint density at radius 1 is 0.774 bits per heavy atom. The van der Waals surface area contributed by atoms with Gasteiger partial charge in [0.25, 0.3) is 11.8 Å². The summed E-state index contributed by atoms with van der Waals surface area (Å²) in [5.41, 5.74) is 3.20. The van der Waals surface area contributed by atoms with Crippen LogP contribution in [-0.4, -0.2) is 18.4 Å². The van der Waals surface area contributed by atoms with Crippen LogP contribution in [0.5, 0.6) is 5.75 Å². The average Bonchev–Trinajstić information content (AvgIpc) is 3.30. The van der Waals surface area contributed by atoms with Crippen molar-refractivity contribution < 1.29 is 14.3 Å². The van der Waals surface area contributed by atoms with Crippen LogP contribution >= 0.6 is 11.3 Å². The molecule has 0 aliphatic heterocycles. The van der Waals surface area contributed by atoms with Crippen LogP contribution in [0, 0.1) is 0 Å². The fraction of sp³-hybridized carbons (Fsp3) is 0.0400. The lowest BCUT2D eigenvalue weighted by atomic mass is 10.1.